The van der Waals surface area contributed by atoms with Crippen LogP contribution in [0, 0.1) is 11.8 Å². The monoisotopic (exact) mass is 326 g/mol. The number of aromatic hydroxyl groups is 1. The zero-order chi connectivity index (χ0) is 16.8. The van der Waals surface area contributed by atoms with Crippen LogP contribution in [0.1, 0.15) is 24.0 Å². The second-order valence-corrected chi connectivity index (χ2v) is 6.75. The number of ether oxygens (including phenoxy) is 2. The van der Waals surface area contributed by atoms with Gasteiger partial charge in [-0.15, -0.1) is 0 Å². The largest absolute Gasteiger partial charge is 0.504 e. The molecule has 0 aromatic heterocycles. The normalized spacial score (nSPS) is 30.6. The van der Waals surface area contributed by atoms with Crippen LogP contribution in [0.2, 0.25) is 0 Å². The molecule has 0 amide bonds. The zero-order valence-electron chi connectivity index (χ0n) is 13.9. The summed E-state index contributed by atoms with van der Waals surface area (Å²) in [6.07, 6.45) is 9.53. The maximum Gasteiger partial charge on any atom is 0.161 e. The van der Waals surface area contributed by atoms with Crippen LogP contribution < -0.4 is 4.74 Å². The van der Waals surface area contributed by atoms with Crippen molar-refractivity contribution in [3.05, 3.63) is 47.1 Å². The molecule has 0 aliphatic heterocycles. The Morgan fingerprint density at radius 3 is 2.75 bits per heavy atom. The Balaban J connectivity index is 1.77. The number of phenolic OH excluding ortho intramolecular Hbond substituents is 1. The van der Waals surface area contributed by atoms with E-state index in [1.54, 1.807) is 20.3 Å². The number of hydrogen-bond donors (Lipinski definition) is 2. The molecule has 4 nitrogen and oxygen atoms in total. The average Bonchev–Trinajstić information content (AvgIpc) is 2.59. The number of methoxy groups -OCH3 is 2. The van der Waals surface area contributed by atoms with Crippen LogP contribution >= 0.6 is 0 Å². The third-order valence-corrected chi connectivity index (χ3v) is 5.55. The minimum absolute atomic E-state index is 0.115. The average molecular weight is 326 g/mol. The standard InChI is InChI=1S/C20H22O4/c1-23-19-9-15-11(7-17(19)21)3-6-14-13(15)5-4-12-8-18(22)20(24-2)10-16(12)14/h3-7,9,14,16,18,20-22H,8,10H2,1-2H3. The molecule has 0 heterocycles. The van der Waals surface area contributed by atoms with E-state index in [0.717, 1.165) is 17.5 Å². The fraction of sp³-hybridized carbons (Fsp3) is 0.400. The maximum atomic E-state index is 10.2. The number of hydrogen-bond acceptors (Lipinski definition) is 4. The van der Waals surface area contributed by atoms with Crippen LogP contribution in [0.15, 0.2) is 35.9 Å². The van der Waals surface area contributed by atoms with Crippen LogP contribution in [0.25, 0.3) is 11.6 Å². The molecule has 1 aromatic carbocycles. The van der Waals surface area contributed by atoms with Gasteiger partial charge in [0, 0.05) is 13.0 Å². The minimum atomic E-state index is -0.427. The van der Waals surface area contributed by atoms with E-state index in [0.29, 0.717) is 18.1 Å². The summed E-state index contributed by atoms with van der Waals surface area (Å²) in [6, 6.07) is 3.67. The molecule has 4 rings (SSSR count). The zero-order valence-corrected chi connectivity index (χ0v) is 13.9. The van der Waals surface area contributed by atoms with E-state index in [1.165, 1.54) is 11.1 Å². The van der Waals surface area contributed by atoms with E-state index in [1.807, 2.05) is 6.07 Å². The molecular formula is C20H22O4. The molecule has 0 bridgehead atoms. The van der Waals surface area contributed by atoms with E-state index in [9.17, 15) is 10.2 Å². The van der Waals surface area contributed by atoms with Crippen LogP contribution in [0.3, 0.4) is 0 Å². The second-order valence-electron chi connectivity index (χ2n) is 6.75. The Morgan fingerprint density at radius 1 is 1.17 bits per heavy atom. The summed E-state index contributed by atoms with van der Waals surface area (Å²) in [5.74, 6) is 1.28. The van der Waals surface area contributed by atoms with Gasteiger partial charge in [0.2, 0.25) is 0 Å². The molecule has 4 heteroatoms. The first-order valence-corrected chi connectivity index (χ1v) is 8.33. The number of phenols is 1. The van der Waals surface area contributed by atoms with Crippen LogP contribution in [0.5, 0.6) is 11.5 Å². The van der Waals surface area contributed by atoms with Gasteiger partial charge in [0.15, 0.2) is 11.5 Å². The van der Waals surface area contributed by atoms with Gasteiger partial charge < -0.3 is 19.7 Å². The number of aliphatic hydroxyl groups excluding tert-OH is 1. The number of aliphatic hydroxyl groups is 1. The maximum absolute atomic E-state index is 10.2. The Bertz CT molecular complexity index is 759. The van der Waals surface area contributed by atoms with Crippen molar-refractivity contribution in [2.75, 3.05) is 14.2 Å². The summed E-state index contributed by atoms with van der Waals surface area (Å²) in [6.45, 7) is 0. The minimum Gasteiger partial charge on any atom is -0.504 e. The summed E-state index contributed by atoms with van der Waals surface area (Å²) in [7, 11) is 3.23. The molecule has 3 aliphatic carbocycles. The Hall–Kier alpha value is -2.04. The molecule has 1 aromatic rings. The van der Waals surface area contributed by atoms with Gasteiger partial charge in [0.05, 0.1) is 19.3 Å². The quantitative estimate of drug-likeness (QED) is 0.876. The Labute approximate surface area is 141 Å². The SMILES string of the molecule is COc1cc2c(cc1O)C=CC1C2=CC=C2CC(O)C(OC)CC21. The lowest BCUT2D eigenvalue weighted by atomic mass is 9.66. The van der Waals surface area contributed by atoms with Crippen LogP contribution in [-0.2, 0) is 4.74 Å². The van der Waals surface area contributed by atoms with Gasteiger partial charge in [0.1, 0.15) is 0 Å². The van der Waals surface area contributed by atoms with Crippen molar-refractivity contribution in [3.8, 4) is 11.5 Å². The molecule has 0 radical (unpaired) electrons. The van der Waals surface area contributed by atoms with Crippen LogP contribution in [0.4, 0.5) is 0 Å². The predicted molar refractivity (Wildman–Crippen MR) is 92.8 cm³/mol. The summed E-state index contributed by atoms with van der Waals surface area (Å²) in [5, 5.41) is 20.2. The highest BCUT2D eigenvalue weighted by atomic mass is 16.5. The van der Waals surface area contributed by atoms with Gasteiger partial charge in [-0.05, 0) is 47.6 Å². The molecule has 1 saturated carbocycles. The summed E-state index contributed by atoms with van der Waals surface area (Å²) >= 11 is 0. The molecule has 0 saturated heterocycles. The first-order valence-electron chi connectivity index (χ1n) is 8.33. The van der Waals surface area contributed by atoms with Crippen molar-refractivity contribution >= 4 is 11.6 Å². The molecule has 24 heavy (non-hydrogen) atoms. The van der Waals surface area contributed by atoms with Gasteiger partial charge in [-0.3, -0.25) is 0 Å². The molecule has 4 unspecified atom stereocenters. The van der Waals surface area contributed by atoms with Crippen molar-refractivity contribution in [1.29, 1.82) is 0 Å². The van der Waals surface area contributed by atoms with E-state index in [2.05, 4.69) is 24.3 Å². The number of rotatable bonds is 2. The van der Waals surface area contributed by atoms with Crippen LogP contribution in [-0.4, -0.2) is 36.6 Å². The lowest BCUT2D eigenvalue weighted by molar-refractivity contribution is -0.0380. The molecular weight excluding hydrogens is 304 g/mol. The predicted octanol–water partition coefficient (Wildman–Crippen LogP) is 3.15. The summed E-state index contributed by atoms with van der Waals surface area (Å²) < 4.78 is 10.8. The van der Waals surface area contributed by atoms with Gasteiger partial charge in [0.25, 0.3) is 0 Å². The topological polar surface area (TPSA) is 58.9 Å². The number of benzene rings is 1. The highest BCUT2D eigenvalue weighted by Crippen LogP contribution is 2.49. The third-order valence-electron chi connectivity index (χ3n) is 5.55. The lowest BCUT2D eigenvalue weighted by Crippen LogP contribution is -2.39. The fourth-order valence-corrected chi connectivity index (χ4v) is 4.28. The summed E-state index contributed by atoms with van der Waals surface area (Å²) in [4.78, 5) is 0. The highest BCUT2D eigenvalue weighted by molar-refractivity contribution is 5.84. The number of allylic oxidation sites excluding steroid dienone is 4. The second kappa shape index (κ2) is 5.80. The van der Waals surface area contributed by atoms with Gasteiger partial charge in [-0.25, -0.2) is 0 Å². The molecule has 0 spiro atoms. The van der Waals surface area contributed by atoms with Crippen molar-refractivity contribution in [2.24, 2.45) is 11.8 Å². The van der Waals surface area contributed by atoms with Gasteiger partial charge in [-0.1, -0.05) is 29.9 Å². The smallest absolute Gasteiger partial charge is 0.161 e. The molecule has 4 atom stereocenters. The molecule has 1 fully saturated rings. The lowest BCUT2D eigenvalue weighted by Gasteiger charge is -2.41. The van der Waals surface area contributed by atoms with Gasteiger partial charge >= 0.3 is 0 Å². The van der Waals surface area contributed by atoms with E-state index >= 15 is 0 Å². The first-order chi connectivity index (χ1) is 11.6. The molecule has 126 valence electrons. The summed E-state index contributed by atoms with van der Waals surface area (Å²) in [5.41, 5.74) is 4.65. The molecule has 2 N–H and O–H groups in total. The van der Waals surface area contributed by atoms with Crippen molar-refractivity contribution in [2.45, 2.75) is 25.0 Å². The fourth-order valence-electron chi connectivity index (χ4n) is 4.28. The first kappa shape index (κ1) is 15.5. The van der Waals surface area contributed by atoms with Gasteiger partial charge in [-0.2, -0.15) is 0 Å². The Kier molecular flexibility index (Phi) is 3.74. The Morgan fingerprint density at radius 2 is 2.00 bits per heavy atom. The van der Waals surface area contributed by atoms with Crippen molar-refractivity contribution in [1.82, 2.24) is 0 Å². The highest BCUT2D eigenvalue weighted by Gasteiger charge is 2.39. The third kappa shape index (κ3) is 2.29. The van der Waals surface area contributed by atoms with E-state index < -0.39 is 6.10 Å². The van der Waals surface area contributed by atoms with Crippen molar-refractivity contribution < 1.29 is 19.7 Å². The van der Waals surface area contributed by atoms with Crippen molar-refractivity contribution in [3.63, 3.8) is 0 Å². The number of fused-ring (bicyclic) bond motifs is 5. The molecule has 3 aliphatic rings. The van der Waals surface area contributed by atoms with E-state index in [4.69, 9.17) is 9.47 Å². The van der Waals surface area contributed by atoms with E-state index in [-0.39, 0.29) is 17.8 Å².